The Kier molecular flexibility index (Phi) is 7.63. The van der Waals surface area contributed by atoms with Crippen molar-refractivity contribution in [2.24, 2.45) is 5.92 Å². The number of halogens is 1. The van der Waals surface area contributed by atoms with E-state index in [2.05, 4.69) is 0 Å². The number of para-hydroxylation sites is 1. The van der Waals surface area contributed by atoms with Crippen LogP contribution < -0.4 is 10.2 Å². The van der Waals surface area contributed by atoms with Gasteiger partial charge in [-0.15, -0.1) is 0 Å². The molecule has 1 heterocycles. The van der Waals surface area contributed by atoms with Crippen molar-refractivity contribution in [3.63, 3.8) is 0 Å². The number of phenols is 1. The van der Waals surface area contributed by atoms with Crippen molar-refractivity contribution in [2.75, 3.05) is 4.90 Å². The van der Waals surface area contributed by atoms with E-state index in [-0.39, 0.29) is 28.9 Å². The molecule has 1 fully saturated rings. The Hall–Kier alpha value is -3.45. The normalized spacial score (nSPS) is 18.1. The van der Waals surface area contributed by atoms with Crippen molar-refractivity contribution >= 4 is 36.1 Å². The molecule has 1 amide bonds. The van der Waals surface area contributed by atoms with E-state index in [9.17, 15) is 29.4 Å². The molecule has 200 valence electrons. The van der Waals surface area contributed by atoms with Crippen molar-refractivity contribution in [3.05, 3.63) is 113 Å². The number of amides is 1. The fourth-order valence-electron chi connectivity index (χ4n) is 5.14. The first-order valence-electron chi connectivity index (χ1n) is 12.4. The smallest absolute Gasteiger partial charge is 0.356 e. The summed E-state index contributed by atoms with van der Waals surface area (Å²) in [6.07, 6.45) is 0.0615. The topological polar surface area (TPSA) is 118 Å². The zero-order valence-electron chi connectivity index (χ0n) is 20.8. The van der Waals surface area contributed by atoms with Gasteiger partial charge in [0.25, 0.3) is 0 Å². The third kappa shape index (κ3) is 5.64. The van der Waals surface area contributed by atoms with Gasteiger partial charge in [-0.1, -0.05) is 60.1 Å². The third-order valence-electron chi connectivity index (χ3n) is 7.09. The van der Waals surface area contributed by atoms with Gasteiger partial charge in [0, 0.05) is 16.3 Å². The fraction of sp³-hybridized carbons (Fsp3) is 0.167. The molecule has 1 aliphatic heterocycles. The van der Waals surface area contributed by atoms with Crippen LogP contribution in [0.3, 0.4) is 0 Å². The van der Waals surface area contributed by atoms with Gasteiger partial charge in [-0.25, -0.2) is 0 Å². The molecule has 5 rings (SSSR count). The number of carbonyl (C=O) groups excluding carboxylic acids is 1. The van der Waals surface area contributed by atoms with E-state index in [0.29, 0.717) is 34.6 Å². The second-order valence-corrected chi connectivity index (χ2v) is 11.7. The number of anilines is 1. The highest BCUT2D eigenvalue weighted by molar-refractivity contribution is 7.60. The maximum Gasteiger partial charge on any atom is 0.356 e. The van der Waals surface area contributed by atoms with Crippen LogP contribution in [0.2, 0.25) is 5.02 Å². The Bertz CT molecular complexity index is 1560. The molecule has 0 radical (unpaired) electrons. The Morgan fingerprint density at radius 1 is 0.897 bits per heavy atom. The van der Waals surface area contributed by atoms with E-state index >= 15 is 0 Å². The van der Waals surface area contributed by atoms with Crippen LogP contribution in [0.5, 0.6) is 5.75 Å². The molecule has 3 atom stereocenters. The summed E-state index contributed by atoms with van der Waals surface area (Å²) in [4.78, 5) is 34.0. The minimum atomic E-state index is -4.51. The maximum absolute atomic E-state index is 13.4. The third-order valence-corrected chi connectivity index (χ3v) is 8.28. The van der Waals surface area contributed by atoms with E-state index < -0.39 is 13.7 Å². The molecule has 1 aliphatic rings. The number of aliphatic hydroxyl groups excluding tert-OH is 1. The highest BCUT2D eigenvalue weighted by Gasteiger charge is 2.48. The van der Waals surface area contributed by atoms with Gasteiger partial charge in [0.1, 0.15) is 5.75 Å². The van der Waals surface area contributed by atoms with Crippen LogP contribution in [0.4, 0.5) is 5.69 Å². The van der Waals surface area contributed by atoms with Crippen LogP contribution in [0.25, 0.3) is 11.1 Å². The second-order valence-electron chi connectivity index (χ2n) is 9.61. The van der Waals surface area contributed by atoms with Crippen molar-refractivity contribution < 1.29 is 29.4 Å². The largest absolute Gasteiger partial charge is 0.507 e. The molecule has 0 unspecified atom stereocenters. The summed E-state index contributed by atoms with van der Waals surface area (Å²) in [6.45, 7) is 0. The quantitative estimate of drug-likeness (QED) is 0.160. The first kappa shape index (κ1) is 27.1. The number of carbonyl (C=O) groups is 1. The summed E-state index contributed by atoms with van der Waals surface area (Å²) in [7, 11) is -4.51. The predicted octanol–water partition coefficient (Wildman–Crippen LogP) is 5.73. The monoisotopic (exact) mass is 563 g/mol. The number of rotatable bonds is 8. The van der Waals surface area contributed by atoms with Crippen molar-refractivity contribution in [2.45, 2.75) is 25.0 Å². The van der Waals surface area contributed by atoms with Gasteiger partial charge in [-0.05, 0) is 78.1 Å². The van der Waals surface area contributed by atoms with Gasteiger partial charge in [0.15, 0.2) is 0 Å². The average Bonchev–Trinajstić information content (AvgIpc) is 2.91. The van der Waals surface area contributed by atoms with E-state index in [1.807, 2.05) is 48.5 Å². The Labute approximate surface area is 231 Å². The van der Waals surface area contributed by atoms with Crippen LogP contribution in [0.15, 0.2) is 97.1 Å². The van der Waals surface area contributed by atoms with Gasteiger partial charge >= 0.3 is 7.60 Å². The summed E-state index contributed by atoms with van der Waals surface area (Å²) in [5.41, 5.74) is 3.36. The molecule has 0 aromatic heterocycles. The fourth-order valence-corrected chi connectivity index (χ4v) is 5.90. The summed E-state index contributed by atoms with van der Waals surface area (Å²) in [5.74, 6) is -0.664. The van der Waals surface area contributed by atoms with Crippen molar-refractivity contribution in [1.82, 2.24) is 0 Å². The van der Waals surface area contributed by atoms with Gasteiger partial charge in [-0.2, -0.15) is 0 Å². The minimum absolute atomic E-state index is 0.0382. The standard InChI is InChI=1S/C30H27ClNO6P/c31-22-9-5-7-20(17-22)27(33)15-14-26-29(32(30(26)35)23-10-2-1-3-11-23)21-8-4-6-19(16-21)25-13-12-24(18-28(25)34)39(36,37)38/h1-13,16-18,26-27,29,33-34H,14-15H2,(H2,36,37,38)/t26-,27+,29-/m1/s1. The average molecular weight is 564 g/mol. The van der Waals surface area contributed by atoms with E-state index in [4.69, 9.17) is 11.6 Å². The molecule has 0 aliphatic carbocycles. The van der Waals surface area contributed by atoms with Crippen LogP contribution in [-0.4, -0.2) is 25.9 Å². The Balaban J connectivity index is 1.45. The van der Waals surface area contributed by atoms with Crippen LogP contribution in [-0.2, 0) is 9.36 Å². The number of hydrogen-bond donors (Lipinski definition) is 4. The molecule has 0 bridgehead atoms. The highest BCUT2D eigenvalue weighted by Crippen LogP contribution is 2.47. The van der Waals surface area contributed by atoms with Gasteiger partial charge in [0.05, 0.1) is 23.4 Å². The number of hydrogen-bond acceptors (Lipinski definition) is 4. The molecule has 9 heteroatoms. The van der Waals surface area contributed by atoms with Crippen LogP contribution >= 0.6 is 19.2 Å². The summed E-state index contributed by atoms with van der Waals surface area (Å²) in [6, 6.07) is 27.4. The van der Waals surface area contributed by atoms with Crippen molar-refractivity contribution in [1.29, 1.82) is 0 Å². The maximum atomic E-state index is 13.4. The zero-order chi connectivity index (χ0) is 27.7. The summed E-state index contributed by atoms with van der Waals surface area (Å²) >= 11 is 6.08. The first-order chi connectivity index (χ1) is 18.6. The lowest BCUT2D eigenvalue weighted by atomic mass is 9.77. The number of aromatic hydroxyl groups is 1. The highest BCUT2D eigenvalue weighted by atomic mass is 35.5. The SMILES string of the molecule is O=C1[C@H](CC[C@H](O)c2cccc(Cl)c2)[C@@H](c2cccc(-c3ccc(P(=O)(O)O)cc3O)c2)N1c1ccccc1. The minimum Gasteiger partial charge on any atom is -0.507 e. The number of aliphatic hydroxyl groups is 1. The predicted molar refractivity (Wildman–Crippen MR) is 151 cm³/mol. The first-order valence-corrected chi connectivity index (χ1v) is 14.4. The molecular weight excluding hydrogens is 537 g/mol. The van der Waals surface area contributed by atoms with Gasteiger partial charge in [-0.3, -0.25) is 9.36 Å². The molecular formula is C30H27ClNO6P. The summed E-state index contributed by atoms with van der Waals surface area (Å²) in [5, 5.41) is 21.6. The number of nitrogens with zero attached hydrogens (tertiary/aromatic N) is 1. The molecule has 7 nitrogen and oxygen atoms in total. The number of phenolic OH excluding ortho intramolecular Hbond substituents is 1. The van der Waals surface area contributed by atoms with Crippen molar-refractivity contribution in [3.8, 4) is 16.9 Å². The van der Waals surface area contributed by atoms with E-state index in [1.54, 1.807) is 35.2 Å². The van der Waals surface area contributed by atoms with Crippen LogP contribution in [0, 0.1) is 5.92 Å². The molecule has 4 aromatic rings. The molecule has 4 N–H and O–H groups in total. The van der Waals surface area contributed by atoms with Crippen LogP contribution in [0.1, 0.15) is 36.1 Å². The van der Waals surface area contributed by atoms with E-state index in [0.717, 1.165) is 17.3 Å². The van der Waals surface area contributed by atoms with Gasteiger partial charge < -0.3 is 24.9 Å². The molecule has 39 heavy (non-hydrogen) atoms. The zero-order valence-corrected chi connectivity index (χ0v) is 22.4. The molecule has 4 aromatic carbocycles. The lowest BCUT2D eigenvalue weighted by Gasteiger charge is -2.48. The van der Waals surface area contributed by atoms with Gasteiger partial charge in [0.2, 0.25) is 5.91 Å². The molecule has 0 spiro atoms. The number of benzene rings is 4. The lowest BCUT2D eigenvalue weighted by Crippen LogP contribution is -2.55. The van der Waals surface area contributed by atoms with E-state index in [1.165, 1.54) is 12.1 Å². The lowest BCUT2D eigenvalue weighted by molar-refractivity contribution is -0.131. The molecule has 0 saturated carbocycles. The Morgan fingerprint density at radius 3 is 2.33 bits per heavy atom. The Morgan fingerprint density at radius 2 is 1.64 bits per heavy atom. The second kappa shape index (κ2) is 11.0. The number of β-lactam (4-membered cyclic amide) rings is 1. The summed E-state index contributed by atoms with van der Waals surface area (Å²) < 4.78 is 11.6. The molecule has 1 saturated heterocycles.